The van der Waals surface area contributed by atoms with E-state index in [0.717, 1.165) is 30.8 Å². The first-order valence-electron chi connectivity index (χ1n) is 6.59. The summed E-state index contributed by atoms with van der Waals surface area (Å²) in [7, 11) is 1.64. The Labute approximate surface area is 126 Å². The van der Waals surface area contributed by atoms with Crippen molar-refractivity contribution in [3.05, 3.63) is 24.3 Å². The Kier molecular flexibility index (Phi) is 7.40. The largest absolute Gasteiger partial charge is 0.493 e. The maximum atomic E-state index is 6.08. The van der Waals surface area contributed by atoms with Crippen LogP contribution in [-0.2, 0) is 0 Å². The fourth-order valence-corrected chi connectivity index (χ4v) is 2.89. The summed E-state index contributed by atoms with van der Waals surface area (Å²) in [6, 6.07) is 7.64. The van der Waals surface area contributed by atoms with Crippen LogP contribution in [0.25, 0.3) is 0 Å². The lowest BCUT2D eigenvalue weighted by Gasteiger charge is -2.29. The van der Waals surface area contributed by atoms with Crippen molar-refractivity contribution in [3.8, 4) is 11.5 Å². The van der Waals surface area contributed by atoms with Gasteiger partial charge in [0.05, 0.1) is 13.7 Å². The molecule has 0 spiro atoms. The number of ether oxygens (including phenoxy) is 2. The first-order chi connectivity index (χ1) is 9.21. The van der Waals surface area contributed by atoms with Gasteiger partial charge in [0.15, 0.2) is 11.5 Å². The lowest BCUT2D eigenvalue weighted by Crippen LogP contribution is -2.27. The van der Waals surface area contributed by atoms with Gasteiger partial charge in [-0.05, 0) is 25.0 Å². The molecule has 0 amide bonds. The summed E-state index contributed by atoms with van der Waals surface area (Å²) in [6.45, 7) is 2.74. The van der Waals surface area contributed by atoms with Gasteiger partial charge >= 0.3 is 0 Å². The molecule has 0 radical (unpaired) electrons. The molecule has 0 aromatic heterocycles. The Bertz CT molecular complexity index is 365. The zero-order chi connectivity index (χ0) is 14.1. The minimum absolute atomic E-state index is 0.0279. The second kappa shape index (κ2) is 8.55. The third-order valence-electron chi connectivity index (χ3n) is 3.31. The van der Waals surface area contributed by atoms with E-state index in [1.54, 1.807) is 7.11 Å². The second-order valence-corrected chi connectivity index (χ2v) is 5.30. The molecule has 19 heavy (non-hydrogen) atoms. The molecule has 0 atom stereocenters. The Balaban J connectivity index is 2.56. The molecule has 108 valence electrons. The second-order valence-electron chi connectivity index (χ2n) is 4.77. The average molecular weight is 305 g/mol. The van der Waals surface area contributed by atoms with Crippen molar-refractivity contribution in [2.45, 2.75) is 26.2 Å². The average Bonchev–Trinajstić information content (AvgIpc) is 2.47. The van der Waals surface area contributed by atoms with E-state index in [1.807, 2.05) is 24.3 Å². The summed E-state index contributed by atoms with van der Waals surface area (Å²) >= 11 is 12.2. The lowest BCUT2D eigenvalue weighted by molar-refractivity contribution is 0.216. The van der Waals surface area contributed by atoms with Crippen molar-refractivity contribution < 1.29 is 9.47 Å². The molecule has 0 aliphatic heterocycles. The minimum Gasteiger partial charge on any atom is -0.493 e. The SMILES string of the molecule is CCCC(CCl)(CCl)CCOc1ccccc1OC. The Morgan fingerprint density at radius 3 is 2.21 bits per heavy atom. The molecule has 2 nitrogen and oxygen atoms in total. The number of benzene rings is 1. The number of rotatable bonds is 9. The van der Waals surface area contributed by atoms with Gasteiger partial charge in [-0.3, -0.25) is 0 Å². The zero-order valence-corrected chi connectivity index (χ0v) is 13.1. The van der Waals surface area contributed by atoms with E-state index in [2.05, 4.69) is 6.92 Å². The first-order valence-corrected chi connectivity index (χ1v) is 7.66. The molecule has 0 fully saturated rings. The summed E-state index contributed by atoms with van der Waals surface area (Å²) in [5.41, 5.74) is -0.0279. The van der Waals surface area contributed by atoms with Crippen LogP contribution < -0.4 is 9.47 Å². The topological polar surface area (TPSA) is 18.5 Å². The van der Waals surface area contributed by atoms with Gasteiger partial charge in [-0.2, -0.15) is 0 Å². The van der Waals surface area contributed by atoms with Gasteiger partial charge in [0, 0.05) is 17.2 Å². The number of hydrogen-bond donors (Lipinski definition) is 0. The van der Waals surface area contributed by atoms with Crippen molar-refractivity contribution in [1.29, 1.82) is 0 Å². The van der Waals surface area contributed by atoms with Gasteiger partial charge in [0.2, 0.25) is 0 Å². The first kappa shape index (κ1) is 16.5. The molecular weight excluding hydrogens is 283 g/mol. The van der Waals surface area contributed by atoms with E-state index >= 15 is 0 Å². The number of methoxy groups -OCH3 is 1. The van der Waals surface area contributed by atoms with Gasteiger partial charge in [0.25, 0.3) is 0 Å². The van der Waals surface area contributed by atoms with E-state index in [9.17, 15) is 0 Å². The molecule has 4 heteroatoms. The number of hydrogen-bond acceptors (Lipinski definition) is 2. The third-order valence-corrected chi connectivity index (χ3v) is 4.44. The van der Waals surface area contributed by atoms with E-state index in [4.69, 9.17) is 32.7 Å². The highest BCUT2D eigenvalue weighted by Gasteiger charge is 2.27. The molecule has 0 saturated carbocycles. The van der Waals surface area contributed by atoms with Crippen LogP contribution in [-0.4, -0.2) is 25.5 Å². The quantitative estimate of drug-likeness (QED) is 0.614. The Morgan fingerprint density at radius 1 is 1.05 bits per heavy atom. The Morgan fingerprint density at radius 2 is 1.68 bits per heavy atom. The van der Waals surface area contributed by atoms with Gasteiger partial charge in [0.1, 0.15) is 0 Å². The lowest BCUT2D eigenvalue weighted by atomic mass is 9.84. The summed E-state index contributed by atoms with van der Waals surface area (Å²) in [5, 5.41) is 0. The van der Waals surface area contributed by atoms with Crippen LogP contribution in [0.3, 0.4) is 0 Å². The third kappa shape index (κ3) is 4.77. The van der Waals surface area contributed by atoms with Crippen LogP contribution in [0.1, 0.15) is 26.2 Å². The highest BCUT2D eigenvalue weighted by Crippen LogP contribution is 2.33. The molecular formula is C15H22Cl2O2. The van der Waals surface area contributed by atoms with E-state index in [-0.39, 0.29) is 5.41 Å². The predicted octanol–water partition coefficient (Wildman–Crippen LogP) is 4.73. The van der Waals surface area contributed by atoms with E-state index in [1.165, 1.54) is 0 Å². The van der Waals surface area contributed by atoms with E-state index in [0.29, 0.717) is 18.4 Å². The monoisotopic (exact) mass is 304 g/mol. The molecule has 0 aliphatic rings. The summed E-state index contributed by atoms with van der Waals surface area (Å²) in [4.78, 5) is 0. The van der Waals surface area contributed by atoms with Crippen molar-refractivity contribution in [3.63, 3.8) is 0 Å². The van der Waals surface area contributed by atoms with Crippen LogP contribution >= 0.6 is 23.2 Å². The normalized spacial score (nSPS) is 11.4. The minimum atomic E-state index is -0.0279. The predicted molar refractivity (Wildman–Crippen MR) is 81.9 cm³/mol. The van der Waals surface area contributed by atoms with Crippen molar-refractivity contribution in [2.75, 3.05) is 25.5 Å². The molecule has 0 saturated heterocycles. The fraction of sp³-hybridized carbons (Fsp3) is 0.600. The maximum Gasteiger partial charge on any atom is 0.161 e. The van der Waals surface area contributed by atoms with Gasteiger partial charge < -0.3 is 9.47 Å². The molecule has 0 bridgehead atoms. The molecule has 0 heterocycles. The van der Waals surface area contributed by atoms with Crippen LogP contribution in [0.5, 0.6) is 11.5 Å². The van der Waals surface area contributed by atoms with Crippen LogP contribution in [0.4, 0.5) is 0 Å². The van der Waals surface area contributed by atoms with Gasteiger partial charge in [-0.1, -0.05) is 25.5 Å². The number of alkyl halides is 2. The van der Waals surface area contributed by atoms with Crippen LogP contribution in [0, 0.1) is 5.41 Å². The standard InChI is InChI=1S/C15H22Cl2O2/c1-3-8-15(11-16,12-17)9-10-19-14-7-5-4-6-13(14)18-2/h4-7H,3,8-12H2,1-2H3. The van der Waals surface area contributed by atoms with Crippen molar-refractivity contribution >= 4 is 23.2 Å². The van der Waals surface area contributed by atoms with Crippen molar-refractivity contribution in [1.82, 2.24) is 0 Å². The zero-order valence-electron chi connectivity index (χ0n) is 11.6. The van der Waals surface area contributed by atoms with Crippen LogP contribution in [0.15, 0.2) is 24.3 Å². The molecule has 0 unspecified atom stereocenters. The van der Waals surface area contributed by atoms with Crippen molar-refractivity contribution in [2.24, 2.45) is 5.41 Å². The summed E-state index contributed by atoms with van der Waals surface area (Å²) in [5.74, 6) is 2.65. The van der Waals surface area contributed by atoms with Crippen LogP contribution in [0.2, 0.25) is 0 Å². The van der Waals surface area contributed by atoms with Gasteiger partial charge in [-0.25, -0.2) is 0 Å². The summed E-state index contributed by atoms with van der Waals surface area (Å²) < 4.78 is 11.0. The molecule has 0 aliphatic carbocycles. The molecule has 1 rings (SSSR count). The highest BCUT2D eigenvalue weighted by molar-refractivity contribution is 6.21. The fourth-order valence-electron chi connectivity index (χ4n) is 2.07. The molecule has 1 aromatic carbocycles. The maximum absolute atomic E-state index is 6.08. The smallest absolute Gasteiger partial charge is 0.161 e. The number of halogens is 2. The molecule has 0 N–H and O–H groups in total. The Hall–Kier alpha value is -0.600. The summed E-state index contributed by atoms with van der Waals surface area (Å²) in [6.07, 6.45) is 2.95. The van der Waals surface area contributed by atoms with Gasteiger partial charge in [-0.15, -0.1) is 23.2 Å². The number of para-hydroxylation sites is 2. The van der Waals surface area contributed by atoms with E-state index < -0.39 is 0 Å². The highest BCUT2D eigenvalue weighted by atomic mass is 35.5. The molecule has 1 aromatic rings.